The molecule has 6 heteroatoms. The number of rotatable bonds is 11. The van der Waals surface area contributed by atoms with E-state index < -0.39 is 27.1 Å². The summed E-state index contributed by atoms with van der Waals surface area (Å²) in [6, 6.07) is 8.74. The molecule has 2 N–H and O–H groups in total. The molecule has 0 saturated heterocycles. The second-order valence-electron chi connectivity index (χ2n) is 11.0. The van der Waals surface area contributed by atoms with Gasteiger partial charge in [0.25, 0.3) is 0 Å². The van der Waals surface area contributed by atoms with Crippen LogP contribution in [0.3, 0.4) is 0 Å². The lowest BCUT2D eigenvalue weighted by molar-refractivity contribution is -0.0932. The molecule has 0 aliphatic heterocycles. The number of nitrogens with one attached hydrogen (secondary N) is 1. The molecule has 1 unspecified atom stereocenters. The van der Waals surface area contributed by atoms with E-state index in [-0.39, 0.29) is 17.1 Å². The molecule has 0 radical (unpaired) electrons. The van der Waals surface area contributed by atoms with Gasteiger partial charge in [0.1, 0.15) is 5.60 Å². The number of benzene rings is 1. The minimum Gasteiger partial charge on any atom is -0.383 e. The van der Waals surface area contributed by atoms with Gasteiger partial charge in [-0.1, -0.05) is 85.7 Å². The zero-order chi connectivity index (χ0) is 23.2. The summed E-state index contributed by atoms with van der Waals surface area (Å²) in [6.07, 6.45) is 0.946. The Morgan fingerprint density at radius 3 is 2.07 bits per heavy atom. The summed E-state index contributed by atoms with van der Waals surface area (Å²) in [5.74, 6) is 0.186. The minimum absolute atomic E-state index is 0.0270. The lowest BCUT2D eigenvalue weighted by Crippen LogP contribution is -2.57. The Morgan fingerprint density at radius 1 is 1.03 bits per heavy atom. The van der Waals surface area contributed by atoms with Crippen LogP contribution in [0.25, 0.3) is 0 Å². The van der Waals surface area contributed by atoms with Crippen molar-refractivity contribution in [3.8, 4) is 0 Å². The van der Waals surface area contributed by atoms with Crippen molar-refractivity contribution in [2.24, 2.45) is 16.7 Å². The Kier molecular flexibility index (Phi) is 9.55. The second-order valence-corrected chi connectivity index (χ2v) is 12.8. The molecular formula is C24H43NO4S. The Morgan fingerprint density at radius 2 is 1.60 bits per heavy atom. The van der Waals surface area contributed by atoms with Crippen LogP contribution in [0.15, 0.2) is 30.3 Å². The van der Waals surface area contributed by atoms with Crippen LogP contribution in [0.1, 0.15) is 73.8 Å². The number of aliphatic hydroxyl groups is 1. The van der Waals surface area contributed by atoms with E-state index in [1.165, 1.54) is 0 Å². The largest absolute Gasteiger partial charge is 0.383 e. The fraction of sp³-hybridized carbons (Fsp3) is 0.750. The molecule has 0 fully saturated rings. The van der Waals surface area contributed by atoms with E-state index >= 15 is 0 Å². The highest BCUT2D eigenvalue weighted by Gasteiger charge is 2.49. The van der Waals surface area contributed by atoms with E-state index in [0.29, 0.717) is 26.1 Å². The third-order valence-electron chi connectivity index (χ3n) is 5.13. The summed E-state index contributed by atoms with van der Waals surface area (Å²) in [5, 5.41) is 11.9. The molecule has 0 aliphatic rings. The SMILES string of the molecule is CC(C)C[C@@H](NS(=O)(=O)CCCOCC(C)(C)C)C(O)(c1ccccc1)C(C)(C)C. The summed E-state index contributed by atoms with van der Waals surface area (Å²) in [4.78, 5) is 0. The molecule has 0 aliphatic carbocycles. The van der Waals surface area contributed by atoms with E-state index in [4.69, 9.17) is 4.74 Å². The standard InChI is InChI=1S/C24H43NO4S/c1-19(2)17-21(24(26,23(6,7)8)20-13-10-9-11-14-20)25-30(27,28)16-12-15-29-18-22(3,4)5/h9-11,13-14,19,21,25-26H,12,15-18H2,1-8H3/t21-,24?/m1/s1. The molecule has 1 rings (SSSR count). The fourth-order valence-electron chi connectivity index (χ4n) is 3.63. The fourth-order valence-corrected chi connectivity index (χ4v) is 4.95. The summed E-state index contributed by atoms with van der Waals surface area (Å²) in [7, 11) is -3.58. The molecular weight excluding hydrogens is 398 g/mol. The van der Waals surface area contributed by atoms with Crippen LogP contribution < -0.4 is 4.72 Å². The Hall–Kier alpha value is -0.950. The van der Waals surface area contributed by atoms with Crippen LogP contribution in [0.4, 0.5) is 0 Å². The average molecular weight is 442 g/mol. The summed E-state index contributed by atoms with van der Waals surface area (Å²) < 4.78 is 34.3. The number of ether oxygens (including phenoxy) is 1. The Labute approximate surface area is 184 Å². The van der Waals surface area contributed by atoms with Gasteiger partial charge >= 0.3 is 0 Å². The van der Waals surface area contributed by atoms with Gasteiger partial charge in [-0.25, -0.2) is 13.1 Å². The van der Waals surface area contributed by atoms with Crippen molar-refractivity contribution >= 4 is 10.0 Å². The molecule has 0 heterocycles. The zero-order valence-electron chi connectivity index (χ0n) is 20.2. The molecule has 174 valence electrons. The molecule has 0 aromatic heterocycles. The maximum atomic E-state index is 12.9. The van der Waals surface area contributed by atoms with Crippen molar-refractivity contribution in [2.75, 3.05) is 19.0 Å². The second kappa shape index (κ2) is 10.6. The maximum Gasteiger partial charge on any atom is 0.212 e. The summed E-state index contributed by atoms with van der Waals surface area (Å²) >= 11 is 0. The van der Waals surface area contributed by atoms with Gasteiger partial charge in [-0.2, -0.15) is 0 Å². The van der Waals surface area contributed by atoms with Crippen LogP contribution >= 0.6 is 0 Å². The molecule has 5 nitrogen and oxygen atoms in total. The van der Waals surface area contributed by atoms with Gasteiger partial charge in [0, 0.05) is 6.61 Å². The highest BCUT2D eigenvalue weighted by atomic mass is 32.2. The first-order valence-corrected chi connectivity index (χ1v) is 12.6. The van der Waals surface area contributed by atoms with Gasteiger partial charge in [-0.05, 0) is 35.2 Å². The van der Waals surface area contributed by atoms with Crippen LogP contribution in [0.5, 0.6) is 0 Å². The predicted molar refractivity (Wildman–Crippen MR) is 125 cm³/mol. The van der Waals surface area contributed by atoms with E-state index in [1.54, 1.807) is 0 Å². The van der Waals surface area contributed by atoms with Crippen LogP contribution in [0.2, 0.25) is 0 Å². The molecule has 2 atom stereocenters. The first-order chi connectivity index (χ1) is 13.6. The smallest absolute Gasteiger partial charge is 0.212 e. The Balaban J connectivity index is 3.04. The quantitative estimate of drug-likeness (QED) is 0.488. The van der Waals surface area contributed by atoms with Crippen molar-refractivity contribution in [1.82, 2.24) is 4.72 Å². The molecule has 1 aromatic carbocycles. The van der Waals surface area contributed by atoms with Gasteiger partial charge in [0.15, 0.2) is 0 Å². The summed E-state index contributed by atoms with van der Waals surface area (Å²) in [5.41, 5.74) is -1.15. The van der Waals surface area contributed by atoms with Gasteiger partial charge in [-0.15, -0.1) is 0 Å². The van der Waals surface area contributed by atoms with E-state index in [0.717, 1.165) is 5.56 Å². The van der Waals surface area contributed by atoms with Crippen LogP contribution in [-0.2, 0) is 20.4 Å². The Bertz CT molecular complexity index is 733. The van der Waals surface area contributed by atoms with E-state index in [9.17, 15) is 13.5 Å². The average Bonchev–Trinajstić information content (AvgIpc) is 2.58. The van der Waals surface area contributed by atoms with Crippen molar-refractivity contribution in [2.45, 2.75) is 79.9 Å². The molecule has 0 bridgehead atoms. The van der Waals surface area contributed by atoms with Crippen molar-refractivity contribution in [3.05, 3.63) is 35.9 Å². The number of sulfonamides is 1. The molecule has 0 amide bonds. The van der Waals surface area contributed by atoms with Crippen molar-refractivity contribution in [3.63, 3.8) is 0 Å². The van der Waals surface area contributed by atoms with Crippen molar-refractivity contribution < 1.29 is 18.3 Å². The van der Waals surface area contributed by atoms with Gasteiger partial charge in [0.05, 0.1) is 18.4 Å². The first-order valence-electron chi connectivity index (χ1n) is 10.9. The normalized spacial score (nSPS) is 16.5. The van der Waals surface area contributed by atoms with Gasteiger partial charge in [0.2, 0.25) is 10.0 Å². The predicted octanol–water partition coefficient (Wildman–Crippen LogP) is 4.71. The third-order valence-corrected chi connectivity index (χ3v) is 6.60. The lowest BCUT2D eigenvalue weighted by atomic mass is 9.66. The molecule has 0 saturated carbocycles. The first kappa shape index (κ1) is 27.1. The van der Waals surface area contributed by atoms with E-state index in [2.05, 4.69) is 25.5 Å². The number of hydrogen-bond acceptors (Lipinski definition) is 4. The molecule has 0 spiro atoms. The van der Waals surface area contributed by atoms with Crippen LogP contribution in [0, 0.1) is 16.7 Å². The highest BCUT2D eigenvalue weighted by Crippen LogP contribution is 2.44. The van der Waals surface area contributed by atoms with Gasteiger partial charge < -0.3 is 9.84 Å². The topological polar surface area (TPSA) is 75.6 Å². The van der Waals surface area contributed by atoms with Crippen LogP contribution in [-0.4, -0.2) is 38.5 Å². The minimum atomic E-state index is -3.58. The maximum absolute atomic E-state index is 12.9. The molecule has 30 heavy (non-hydrogen) atoms. The highest BCUT2D eigenvalue weighted by molar-refractivity contribution is 7.89. The zero-order valence-corrected chi connectivity index (χ0v) is 21.0. The van der Waals surface area contributed by atoms with Crippen molar-refractivity contribution in [1.29, 1.82) is 0 Å². The van der Waals surface area contributed by atoms with E-state index in [1.807, 2.05) is 65.0 Å². The number of hydrogen-bond donors (Lipinski definition) is 2. The van der Waals surface area contributed by atoms with Gasteiger partial charge in [-0.3, -0.25) is 0 Å². The monoisotopic (exact) mass is 441 g/mol. The third kappa shape index (κ3) is 8.29. The summed E-state index contributed by atoms with van der Waals surface area (Å²) in [6.45, 7) is 17.1. The molecule has 1 aromatic rings. The lowest BCUT2D eigenvalue weighted by Gasteiger charge is -2.47.